The van der Waals surface area contributed by atoms with Gasteiger partial charge in [0.25, 0.3) is 0 Å². The van der Waals surface area contributed by atoms with Crippen molar-refractivity contribution in [3.8, 4) is 0 Å². The number of rotatable bonds is 6. The third kappa shape index (κ3) is 3.89. The summed E-state index contributed by atoms with van der Waals surface area (Å²) >= 11 is 0. The molecule has 1 heterocycles. The molecule has 0 spiro atoms. The minimum Gasteiger partial charge on any atom is -0.393 e. The molecule has 1 aromatic heterocycles. The second-order valence-corrected chi connectivity index (χ2v) is 4.85. The van der Waals surface area contributed by atoms with Gasteiger partial charge in [-0.3, -0.25) is 0 Å². The molecule has 2 rings (SSSR count). The number of aliphatic hydroxyl groups excluding tert-OH is 1. The maximum atomic E-state index is 9.72. The largest absolute Gasteiger partial charge is 0.393 e. The topological polar surface area (TPSA) is 59.2 Å². The molecule has 0 saturated carbocycles. The van der Waals surface area contributed by atoms with Gasteiger partial charge >= 0.3 is 0 Å². The van der Waals surface area contributed by atoms with Crippen LogP contribution in [0, 0.1) is 6.92 Å². The third-order valence-electron chi connectivity index (χ3n) is 3.15. The molecule has 0 radical (unpaired) electrons. The van der Waals surface area contributed by atoms with E-state index in [1.807, 2.05) is 19.1 Å². The first-order valence-corrected chi connectivity index (χ1v) is 6.73. The molecule has 1 N–H and O–H groups in total. The summed E-state index contributed by atoms with van der Waals surface area (Å²) in [6.07, 6.45) is 2.42. The van der Waals surface area contributed by atoms with E-state index in [4.69, 9.17) is 4.52 Å². The highest BCUT2D eigenvalue weighted by Crippen LogP contribution is 2.12. The molecule has 0 aliphatic heterocycles. The van der Waals surface area contributed by atoms with Gasteiger partial charge in [-0.25, -0.2) is 0 Å². The lowest BCUT2D eigenvalue weighted by Gasteiger charge is -2.04. The Morgan fingerprint density at radius 2 is 2.11 bits per heavy atom. The zero-order valence-electron chi connectivity index (χ0n) is 11.5. The van der Waals surface area contributed by atoms with Crippen LogP contribution in [0.5, 0.6) is 0 Å². The van der Waals surface area contributed by atoms with Gasteiger partial charge in [-0.2, -0.15) is 4.98 Å². The van der Waals surface area contributed by atoms with E-state index in [2.05, 4.69) is 29.2 Å². The van der Waals surface area contributed by atoms with Gasteiger partial charge in [0.1, 0.15) is 0 Å². The first-order chi connectivity index (χ1) is 9.19. The Hall–Kier alpha value is -1.68. The fourth-order valence-corrected chi connectivity index (χ4v) is 2.06. The van der Waals surface area contributed by atoms with Gasteiger partial charge in [-0.1, -0.05) is 42.8 Å². The number of hydrogen-bond acceptors (Lipinski definition) is 4. The minimum atomic E-state index is -0.392. The SMILES string of the molecule is CCCC(O)Cc1nc(Cc2ccccc2C)no1. The van der Waals surface area contributed by atoms with Crippen LogP contribution < -0.4 is 0 Å². The minimum absolute atomic E-state index is 0.392. The van der Waals surface area contributed by atoms with Gasteiger partial charge < -0.3 is 9.63 Å². The number of hydrogen-bond donors (Lipinski definition) is 1. The maximum absolute atomic E-state index is 9.72. The molecule has 1 atom stereocenters. The van der Waals surface area contributed by atoms with Crippen molar-refractivity contribution in [3.63, 3.8) is 0 Å². The van der Waals surface area contributed by atoms with Crippen molar-refractivity contribution in [2.24, 2.45) is 0 Å². The van der Waals surface area contributed by atoms with Crippen LogP contribution in [0.3, 0.4) is 0 Å². The van der Waals surface area contributed by atoms with Crippen molar-refractivity contribution in [2.45, 2.75) is 45.6 Å². The van der Waals surface area contributed by atoms with E-state index in [1.54, 1.807) is 0 Å². The average molecular weight is 260 g/mol. The molecule has 1 unspecified atom stereocenters. The lowest BCUT2D eigenvalue weighted by Crippen LogP contribution is -2.09. The predicted octanol–water partition coefficient (Wildman–Crippen LogP) is 2.67. The van der Waals surface area contributed by atoms with Crippen molar-refractivity contribution < 1.29 is 9.63 Å². The molecule has 1 aromatic carbocycles. The maximum Gasteiger partial charge on any atom is 0.229 e. The molecule has 102 valence electrons. The van der Waals surface area contributed by atoms with Gasteiger partial charge in [0, 0.05) is 6.42 Å². The van der Waals surface area contributed by atoms with Gasteiger partial charge in [0.05, 0.1) is 12.5 Å². The van der Waals surface area contributed by atoms with E-state index in [1.165, 1.54) is 11.1 Å². The average Bonchev–Trinajstić information content (AvgIpc) is 2.80. The van der Waals surface area contributed by atoms with Gasteiger partial charge in [0.15, 0.2) is 5.82 Å². The van der Waals surface area contributed by atoms with E-state index in [9.17, 15) is 5.11 Å². The van der Waals surface area contributed by atoms with Crippen LogP contribution in [0.25, 0.3) is 0 Å². The molecule has 0 aliphatic carbocycles. The number of aromatic nitrogens is 2. The second kappa shape index (κ2) is 6.48. The van der Waals surface area contributed by atoms with E-state index < -0.39 is 6.10 Å². The summed E-state index contributed by atoms with van der Waals surface area (Å²) in [5.41, 5.74) is 2.42. The summed E-state index contributed by atoms with van der Waals surface area (Å²) in [4.78, 5) is 4.33. The summed E-state index contributed by atoms with van der Waals surface area (Å²) in [5, 5.41) is 13.7. The molecular weight excluding hydrogens is 240 g/mol. The lowest BCUT2D eigenvalue weighted by molar-refractivity contribution is 0.151. The molecule has 4 heteroatoms. The molecule has 0 saturated heterocycles. The Kier molecular flexibility index (Phi) is 4.68. The van der Waals surface area contributed by atoms with Crippen LogP contribution in [0.1, 0.15) is 42.6 Å². The number of nitrogens with zero attached hydrogens (tertiary/aromatic N) is 2. The third-order valence-corrected chi connectivity index (χ3v) is 3.15. The van der Waals surface area contributed by atoms with Crippen LogP contribution in [-0.2, 0) is 12.8 Å². The Morgan fingerprint density at radius 3 is 2.84 bits per heavy atom. The van der Waals surface area contributed by atoms with Crippen LogP contribution in [0.4, 0.5) is 0 Å². The van der Waals surface area contributed by atoms with E-state index in [0.29, 0.717) is 24.6 Å². The highest BCUT2D eigenvalue weighted by Gasteiger charge is 2.12. The van der Waals surface area contributed by atoms with Crippen molar-refractivity contribution in [2.75, 3.05) is 0 Å². The first-order valence-electron chi connectivity index (χ1n) is 6.73. The molecule has 0 amide bonds. The molecule has 0 aliphatic rings. The first kappa shape index (κ1) is 13.7. The van der Waals surface area contributed by atoms with Crippen molar-refractivity contribution >= 4 is 0 Å². The molecule has 2 aromatic rings. The standard InChI is InChI=1S/C15H20N2O2/c1-3-6-13(18)10-15-16-14(17-19-15)9-12-8-5-4-7-11(12)2/h4-5,7-8,13,18H,3,6,9-10H2,1-2H3. The van der Waals surface area contributed by atoms with E-state index in [0.717, 1.165) is 12.8 Å². The van der Waals surface area contributed by atoms with E-state index >= 15 is 0 Å². The fourth-order valence-electron chi connectivity index (χ4n) is 2.06. The number of aryl methyl sites for hydroxylation is 1. The fraction of sp³-hybridized carbons (Fsp3) is 0.467. The predicted molar refractivity (Wildman–Crippen MR) is 72.9 cm³/mol. The lowest BCUT2D eigenvalue weighted by atomic mass is 10.1. The molecule has 4 nitrogen and oxygen atoms in total. The van der Waals surface area contributed by atoms with Crippen LogP contribution in [-0.4, -0.2) is 21.4 Å². The quantitative estimate of drug-likeness (QED) is 0.867. The zero-order chi connectivity index (χ0) is 13.7. The highest BCUT2D eigenvalue weighted by molar-refractivity contribution is 5.27. The summed E-state index contributed by atoms with van der Waals surface area (Å²) in [6, 6.07) is 8.16. The Labute approximate surface area is 113 Å². The smallest absolute Gasteiger partial charge is 0.229 e. The van der Waals surface area contributed by atoms with Crippen molar-refractivity contribution in [3.05, 3.63) is 47.1 Å². The summed E-state index contributed by atoms with van der Waals surface area (Å²) in [5.74, 6) is 1.19. The van der Waals surface area contributed by atoms with Crippen LogP contribution in [0.15, 0.2) is 28.8 Å². The van der Waals surface area contributed by atoms with Crippen molar-refractivity contribution in [1.29, 1.82) is 0 Å². The summed E-state index contributed by atoms with van der Waals surface area (Å²) in [7, 11) is 0. The Balaban J connectivity index is 2.00. The number of benzene rings is 1. The number of aliphatic hydroxyl groups is 1. The van der Waals surface area contributed by atoms with E-state index in [-0.39, 0.29) is 0 Å². The zero-order valence-corrected chi connectivity index (χ0v) is 11.5. The van der Waals surface area contributed by atoms with Gasteiger partial charge in [-0.15, -0.1) is 0 Å². The van der Waals surface area contributed by atoms with Crippen LogP contribution >= 0.6 is 0 Å². The normalized spacial score (nSPS) is 12.6. The highest BCUT2D eigenvalue weighted by atomic mass is 16.5. The monoisotopic (exact) mass is 260 g/mol. The Morgan fingerprint density at radius 1 is 1.32 bits per heavy atom. The second-order valence-electron chi connectivity index (χ2n) is 4.85. The molecule has 0 bridgehead atoms. The summed E-state index contributed by atoms with van der Waals surface area (Å²) in [6.45, 7) is 4.11. The molecule has 19 heavy (non-hydrogen) atoms. The molecule has 0 fully saturated rings. The van der Waals surface area contributed by atoms with Gasteiger partial charge in [0.2, 0.25) is 5.89 Å². The Bertz CT molecular complexity index is 522. The van der Waals surface area contributed by atoms with Gasteiger partial charge in [-0.05, 0) is 24.5 Å². The van der Waals surface area contributed by atoms with Crippen LogP contribution in [0.2, 0.25) is 0 Å². The summed E-state index contributed by atoms with van der Waals surface area (Å²) < 4.78 is 5.17. The molecular formula is C15H20N2O2. The van der Waals surface area contributed by atoms with Crippen molar-refractivity contribution in [1.82, 2.24) is 10.1 Å².